The Hall–Kier alpha value is -1.85. The predicted molar refractivity (Wildman–Crippen MR) is 78.6 cm³/mol. The van der Waals surface area contributed by atoms with Gasteiger partial charge in [0, 0.05) is 31.5 Å². The first-order valence-electron chi connectivity index (χ1n) is 7.47. The molecule has 0 saturated carbocycles. The van der Waals surface area contributed by atoms with Crippen molar-refractivity contribution in [1.29, 1.82) is 0 Å². The van der Waals surface area contributed by atoms with E-state index in [1.807, 2.05) is 18.7 Å². The number of aryl methyl sites for hydroxylation is 1. The van der Waals surface area contributed by atoms with Crippen molar-refractivity contribution in [2.24, 2.45) is 11.8 Å². The van der Waals surface area contributed by atoms with Gasteiger partial charge in [0.2, 0.25) is 11.8 Å². The minimum Gasteiger partial charge on any atom is -0.360 e. The van der Waals surface area contributed by atoms with Crippen LogP contribution in [0.4, 0.5) is 5.82 Å². The molecular weight excluding hydrogens is 270 g/mol. The number of likely N-dealkylation sites (tertiary alicyclic amines) is 1. The van der Waals surface area contributed by atoms with E-state index in [0.29, 0.717) is 49.8 Å². The zero-order chi connectivity index (χ0) is 15.4. The highest BCUT2D eigenvalue weighted by atomic mass is 16.5. The van der Waals surface area contributed by atoms with Crippen molar-refractivity contribution in [2.45, 2.75) is 40.0 Å². The van der Waals surface area contributed by atoms with Crippen molar-refractivity contribution < 1.29 is 14.1 Å². The predicted octanol–water partition coefficient (Wildman–Crippen LogP) is 2.21. The number of piperidine rings is 1. The van der Waals surface area contributed by atoms with Crippen molar-refractivity contribution in [1.82, 2.24) is 10.1 Å². The van der Waals surface area contributed by atoms with Gasteiger partial charge in [-0.25, -0.2) is 0 Å². The summed E-state index contributed by atoms with van der Waals surface area (Å²) in [4.78, 5) is 26.0. The standard InChI is InChI=1S/C15H23N3O3/c1-10(2)8-14(19)18-6-4-12(5-7-18)15(20)16-13-9-11(3)21-17-13/h9-10,12H,4-8H2,1-3H3,(H,16,17,20). The molecular formula is C15H23N3O3. The van der Waals surface area contributed by atoms with Gasteiger partial charge in [0.1, 0.15) is 5.76 Å². The van der Waals surface area contributed by atoms with Crippen molar-refractivity contribution in [3.63, 3.8) is 0 Å². The van der Waals surface area contributed by atoms with Gasteiger partial charge in [-0.3, -0.25) is 9.59 Å². The Labute approximate surface area is 124 Å². The van der Waals surface area contributed by atoms with Gasteiger partial charge in [0.25, 0.3) is 0 Å². The largest absolute Gasteiger partial charge is 0.360 e. The molecule has 2 amide bonds. The van der Waals surface area contributed by atoms with Crippen LogP contribution in [0.3, 0.4) is 0 Å². The summed E-state index contributed by atoms with van der Waals surface area (Å²) in [6, 6.07) is 1.69. The average molecular weight is 293 g/mol. The van der Waals surface area contributed by atoms with E-state index in [4.69, 9.17) is 4.52 Å². The highest BCUT2D eigenvalue weighted by molar-refractivity contribution is 5.91. The summed E-state index contributed by atoms with van der Waals surface area (Å²) >= 11 is 0. The molecule has 0 aromatic carbocycles. The maximum absolute atomic E-state index is 12.1. The van der Waals surface area contributed by atoms with Crippen LogP contribution in [0.5, 0.6) is 0 Å². The molecule has 1 aromatic rings. The molecule has 0 radical (unpaired) electrons. The first-order chi connectivity index (χ1) is 9.95. The van der Waals surface area contributed by atoms with Crippen LogP contribution in [0.15, 0.2) is 10.6 Å². The molecule has 0 aliphatic carbocycles. The van der Waals surface area contributed by atoms with E-state index >= 15 is 0 Å². The molecule has 1 aliphatic heterocycles. The van der Waals surface area contributed by atoms with E-state index in [0.717, 1.165) is 0 Å². The molecule has 6 nitrogen and oxygen atoms in total. The number of nitrogens with zero attached hydrogens (tertiary/aromatic N) is 2. The summed E-state index contributed by atoms with van der Waals surface area (Å²) in [5.41, 5.74) is 0. The van der Waals surface area contributed by atoms with E-state index < -0.39 is 0 Å². The van der Waals surface area contributed by atoms with Crippen LogP contribution in [0.2, 0.25) is 0 Å². The van der Waals surface area contributed by atoms with Gasteiger partial charge in [-0.1, -0.05) is 19.0 Å². The SMILES string of the molecule is Cc1cc(NC(=O)C2CCN(C(=O)CC(C)C)CC2)no1. The van der Waals surface area contributed by atoms with Gasteiger partial charge >= 0.3 is 0 Å². The van der Waals surface area contributed by atoms with Crippen LogP contribution in [0, 0.1) is 18.8 Å². The highest BCUT2D eigenvalue weighted by Crippen LogP contribution is 2.20. The number of hydrogen-bond acceptors (Lipinski definition) is 4. The van der Waals surface area contributed by atoms with Crippen molar-refractivity contribution in [3.05, 3.63) is 11.8 Å². The summed E-state index contributed by atoms with van der Waals surface area (Å²) in [6.45, 7) is 7.17. The Balaban J connectivity index is 1.80. The summed E-state index contributed by atoms with van der Waals surface area (Å²) in [5.74, 6) is 1.57. The van der Waals surface area contributed by atoms with Gasteiger partial charge in [0.15, 0.2) is 5.82 Å². The number of nitrogens with one attached hydrogen (secondary N) is 1. The van der Waals surface area contributed by atoms with E-state index in [1.165, 1.54) is 0 Å². The van der Waals surface area contributed by atoms with Crippen LogP contribution in [-0.4, -0.2) is 35.0 Å². The second-order valence-corrected chi connectivity index (χ2v) is 6.07. The molecule has 1 saturated heterocycles. The third-order valence-corrected chi connectivity index (χ3v) is 3.68. The fourth-order valence-electron chi connectivity index (χ4n) is 2.52. The molecule has 0 spiro atoms. The number of carbonyl (C=O) groups is 2. The normalized spacial score (nSPS) is 16.3. The lowest BCUT2D eigenvalue weighted by atomic mass is 9.95. The third kappa shape index (κ3) is 4.31. The number of aromatic nitrogens is 1. The number of rotatable bonds is 4. The Morgan fingerprint density at radius 1 is 1.43 bits per heavy atom. The van der Waals surface area contributed by atoms with Crippen molar-refractivity contribution >= 4 is 17.6 Å². The molecule has 116 valence electrons. The minimum atomic E-state index is -0.0647. The molecule has 1 fully saturated rings. The van der Waals surface area contributed by atoms with Gasteiger partial charge in [0.05, 0.1) is 0 Å². The molecule has 1 aliphatic rings. The number of amides is 2. The Bertz CT molecular complexity index is 502. The fraction of sp³-hybridized carbons (Fsp3) is 0.667. The molecule has 21 heavy (non-hydrogen) atoms. The smallest absolute Gasteiger partial charge is 0.228 e. The quantitative estimate of drug-likeness (QED) is 0.923. The van der Waals surface area contributed by atoms with E-state index in [-0.39, 0.29) is 17.7 Å². The van der Waals surface area contributed by atoms with E-state index in [9.17, 15) is 9.59 Å². The summed E-state index contributed by atoms with van der Waals surface area (Å²) in [7, 11) is 0. The summed E-state index contributed by atoms with van der Waals surface area (Å²) in [6.07, 6.45) is 1.98. The van der Waals surface area contributed by atoms with Crippen molar-refractivity contribution in [3.8, 4) is 0 Å². The Kier molecular flexibility index (Phi) is 4.98. The van der Waals surface area contributed by atoms with Crippen molar-refractivity contribution in [2.75, 3.05) is 18.4 Å². The van der Waals surface area contributed by atoms with E-state index in [2.05, 4.69) is 10.5 Å². The molecule has 1 aromatic heterocycles. The lowest BCUT2D eigenvalue weighted by Gasteiger charge is -2.31. The topological polar surface area (TPSA) is 75.4 Å². The molecule has 0 unspecified atom stereocenters. The zero-order valence-electron chi connectivity index (χ0n) is 12.9. The van der Waals surface area contributed by atoms with Gasteiger partial charge in [-0.2, -0.15) is 0 Å². The Morgan fingerprint density at radius 3 is 2.62 bits per heavy atom. The molecule has 6 heteroatoms. The number of carbonyl (C=O) groups excluding carboxylic acids is 2. The lowest BCUT2D eigenvalue weighted by Crippen LogP contribution is -2.41. The average Bonchev–Trinajstić information content (AvgIpc) is 2.83. The first-order valence-corrected chi connectivity index (χ1v) is 7.47. The molecule has 0 atom stereocenters. The van der Waals surface area contributed by atoms with E-state index in [1.54, 1.807) is 13.0 Å². The van der Waals surface area contributed by atoms with Crippen LogP contribution < -0.4 is 5.32 Å². The van der Waals surface area contributed by atoms with Gasteiger partial charge in [-0.15, -0.1) is 0 Å². The van der Waals surface area contributed by atoms with Crippen LogP contribution in [0.25, 0.3) is 0 Å². The molecule has 1 N–H and O–H groups in total. The lowest BCUT2D eigenvalue weighted by molar-refractivity contribution is -0.135. The molecule has 0 bridgehead atoms. The monoisotopic (exact) mass is 293 g/mol. The van der Waals surface area contributed by atoms with Crippen LogP contribution in [-0.2, 0) is 9.59 Å². The highest BCUT2D eigenvalue weighted by Gasteiger charge is 2.27. The summed E-state index contributed by atoms with van der Waals surface area (Å²) < 4.78 is 4.92. The zero-order valence-corrected chi connectivity index (χ0v) is 12.9. The van der Waals surface area contributed by atoms with Crippen LogP contribution in [0.1, 0.15) is 38.9 Å². The van der Waals surface area contributed by atoms with Crippen LogP contribution >= 0.6 is 0 Å². The molecule has 2 rings (SSSR count). The summed E-state index contributed by atoms with van der Waals surface area (Å²) in [5, 5.41) is 6.52. The fourth-order valence-corrected chi connectivity index (χ4v) is 2.52. The number of anilines is 1. The maximum atomic E-state index is 12.1. The second-order valence-electron chi connectivity index (χ2n) is 6.07. The molecule has 2 heterocycles. The minimum absolute atomic E-state index is 0.0424. The maximum Gasteiger partial charge on any atom is 0.228 e. The third-order valence-electron chi connectivity index (χ3n) is 3.68. The van der Waals surface area contributed by atoms with Gasteiger partial charge < -0.3 is 14.7 Å². The first kappa shape index (κ1) is 15.5. The van der Waals surface area contributed by atoms with Gasteiger partial charge in [-0.05, 0) is 25.7 Å². The second kappa shape index (κ2) is 6.74. The number of hydrogen-bond donors (Lipinski definition) is 1. The Morgan fingerprint density at radius 2 is 2.10 bits per heavy atom.